The molecule has 1 amide bonds. The quantitative estimate of drug-likeness (QED) is 0.857. The molecule has 2 aromatic rings. The number of benzene rings is 1. The second kappa shape index (κ2) is 6.57. The summed E-state index contributed by atoms with van der Waals surface area (Å²) in [5, 5.41) is 3.07. The number of aryl methyl sites for hydroxylation is 1. The highest BCUT2D eigenvalue weighted by atomic mass is 32.1. The van der Waals surface area contributed by atoms with Crippen molar-refractivity contribution in [3.8, 4) is 11.5 Å². The van der Waals surface area contributed by atoms with Crippen LogP contribution < -0.4 is 14.8 Å². The largest absolute Gasteiger partial charge is 0.493 e. The van der Waals surface area contributed by atoms with Gasteiger partial charge >= 0.3 is 0 Å². The van der Waals surface area contributed by atoms with E-state index in [0.29, 0.717) is 32.8 Å². The molecular formula is C15H16N2O4S. The van der Waals surface area contributed by atoms with Crippen LogP contribution in [0.4, 0.5) is 5.13 Å². The van der Waals surface area contributed by atoms with Crippen molar-refractivity contribution < 1.29 is 19.1 Å². The van der Waals surface area contributed by atoms with Gasteiger partial charge in [-0.3, -0.25) is 14.9 Å². The lowest BCUT2D eigenvalue weighted by atomic mass is 10.2. The van der Waals surface area contributed by atoms with Crippen LogP contribution in [0.2, 0.25) is 0 Å². The minimum atomic E-state index is -0.329. The molecule has 0 aliphatic heterocycles. The zero-order valence-corrected chi connectivity index (χ0v) is 13.5. The van der Waals surface area contributed by atoms with Crippen LogP contribution >= 0.6 is 11.3 Å². The number of anilines is 1. The number of ketones is 1. The van der Waals surface area contributed by atoms with E-state index in [2.05, 4.69) is 10.3 Å². The Morgan fingerprint density at radius 2 is 1.86 bits per heavy atom. The van der Waals surface area contributed by atoms with Crippen molar-refractivity contribution in [2.24, 2.45) is 0 Å². The Kier molecular flexibility index (Phi) is 4.77. The molecule has 0 aliphatic rings. The number of ether oxygens (including phenoxy) is 2. The molecule has 22 heavy (non-hydrogen) atoms. The number of rotatable bonds is 5. The molecule has 7 heteroatoms. The summed E-state index contributed by atoms with van der Waals surface area (Å²) in [6, 6.07) is 4.87. The lowest BCUT2D eigenvalue weighted by Crippen LogP contribution is -2.11. The molecule has 0 atom stereocenters. The minimum absolute atomic E-state index is 0.0679. The second-order valence-corrected chi connectivity index (χ2v) is 5.51. The van der Waals surface area contributed by atoms with E-state index in [1.807, 2.05) is 0 Å². The average Bonchev–Trinajstić information content (AvgIpc) is 2.87. The van der Waals surface area contributed by atoms with E-state index in [9.17, 15) is 9.59 Å². The Bertz CT molecular complexity index is 724. The zero-order valence-electron chi connectivity index (χ0n) is 12.7. The maximum Gasteiger partial charge on any atom is 0.257 e. The molecular weight excluding hydrogens is 304 g/mol. The number of hydrogen-bond acceptors (Lipinski definition) is 6. The van der Waals surface area contributed by atoms with Gasteiger partial charge < -0.3 is 9.47 Å². The summed E-state index contributed by atoms with van der Waals surface area (Å²) in [5.74, 6) is 0.615. The highest BCUT2D eigenvalue weighted by Crippen LogP contribution is 2.28. The number of Topliss-reactive ketones (excluding diaryl/α,β-unsaturated/α-hetero) is 1. The zero-order chi connectivity index (χ0) is 16.3. The molecule has 0 bridgehead atoms. The van der Waals surface area contributed by atoms with Crippen molar-refractivity contribution >= 4 is 28.2 Å². The molecule has 1 N–H and O–H groups in total. The Morgan fingerprint density at radius 3 is 2.41 bits per heavy atom. The molecule has 0 saturated heterocycles. The predicted molar refractivity (Wildman–Crippen MR) is 84.4 cm³/mol. The third kappa shape index (κ3) is 3.25. The van der Waals surface area contributed by atoms with E-state index in [4.69, 9.17) is 9.47 Å². The summed E-state index contributed by atoms with van der Waals surface area (Å²) >= 11 is 1.16. The van der Waals surface area contributed by atoms with Gasteiger partial charge in [0.25, 0.3) is 5.91 Å². The lowest BCUT2D eigenvalue weighted by molar-refractivity contribution is 0.101. The summed E-state index contributed by atoms with van der Waals surface area (Å²) in [6.07, 6.45) is 0. The van der Waals surface area contributed by atoms with Gasteiger partial charge in [0, 0.05) is 12.5 Å². The van der Waals surface area contributed by atoms with Crippen molar-refractivity contribution in [1.29, 1.82) is 0 Å². The van der Waals surface area contributed by atoms with Gasteiger partial charge in [0.05, 0.1) is 24.8 Å². The van der Waals surface area contributed by atoms with Crippen LogP contribution in [0.15, 0.2) is 18.2 Å². The Hall–Kier alpha value is -2.41. The summed E-state index contributed by atoms with van der Waals surface area (Å²) in [5.41, 5.74) is 1.02. The van der Waals surface area contributed by atoms with E-state index in [1.54, 1.807) is 25.1 Å². The minimum Gasteiger partial charge on any atom is -0.493 e. The molecule has 0 saturated carbocycles. The molecule has 0 aliphatic carbocycles. The Labute approximate surface area is 132 Å². The van der Waals surface area contributed by atoms with Crippen LogP contribution in [0.25, 0.3) is 0 Å². The second-order valence-electron chi connectivity index (χ2n) is 4.51. The number of methoxy groups -OCH3 is 2. The van der Waals surface area contributed by atoms with E-state index >= 15 is 0 Å². The molecule has 1 aromatic carbocycles. The van der Waals surface area contributed by atoms with Crippen molar-refractivity contribution in [2.45, 2.75) is 13.8 Å². The smallest absolute Gasteiger partial charge is 0.257 e. The number of aromatic nitrogens is 1. The first-order valence-electron chi connectivity index (χ1n) is 6.48. The maximum absolute atomic E-state index is 12.2. The number of amides is 1. The average molecular weight is 320 g/mol. The van der Waals surface area contributed by atoms with Gasteiger partial charge in [-0.05, 0) is 25.1 Å². The molecule has 0 spiro atoms. The molecule has 116 valence electrons. The first-order chi connectivity index (χ1) is 10.5. The van der Waals surface area contributed by atoms with Crippen LogP contribution in [0.5, 0.6) is 11.5 Å². The van der Waals surface area contributed by atoms with Crippen molar-refractivity contribution in [3.63, 3.8) is 0 Å². The molecule has 1 aromatic heterocycles. The molecule has 1 heterocycles. The summed E-state index contributed by atoms with van der Waals surface area (Å²) < 4.78 is 10.3. The number of nitrogens with one attached hydrogen (secondary N) is 1. The summed E-state index contributed by atoms with van der Waals surface area (Å²) in [7, 11) is 3.03. The van der Waals surface area contributed by atoms with Crippen molar-refractivity contribution in [1.82, 2.24) is 4.98 Å². The molecule has 2 rings (SSSR count). The molecule has 0 unspecified atom stereocenters. The fourth-order valence-electron chi connectivity index (χ4n) is 1.92. The third-order valence-electron chi connectivity index (χ3n) is 2.98. The fraction of sp³-hybridized carbons (Fsp3) is 0.267. The predicted octanol–water partition coefficient (Wildman–Crippen LogP) is 2.92. The molecule has 0 fully saturated rings. The Balaban J connectivity index is 2.22. The Morgan fingerprint density at radius 1 is 1.18 bits per heavy atom. The summed E-state index contributed by atoms with van der Waals surface area (Å²) in [6.45, 7) is 3.21. The van der Waals surface area contributed by atoms with Crippen molar-refractivity contribution in [2.75, 3.05) is 19.5 Å². The fourth-order valence-corrected chi connectivity index (χ4v) is 2.78. The topological polar surface area (TPSA) is 77.5 Å². The maximum atomic E-state index is 12.2. The van der Waals surface area contributed by atoms with Gasteiger partial charge in [0.2, 0.25) is 0 Å². The standard InChI is InChI=1S/C15H16N2O4S/c1-8-13(9(2)18)22-15(16-8)17-14(19)10-5-6-11(20-3)12(7-10)21-4/h5-7H,1-4H3,(H,16,17,19). The van der Waals surface area contributed by atoms with Crippen LogP contribution in [0, 0.1) is 6.92 Å². The first-order valence-corrected chi connectivity index (χ1v) is 7.29. The van der Waals surface area contributed by atoms with Crippen LogP contribution in [-0.4, -0.2) is 30.9 Å². The van der Waals surface area contributed by atoms with Gasteiger partial charge in [-0.2, -0.15) is 0 Å². The lowest BCUT2D eigenvalue weighted by Gasteiger charge is -2.09. The SMILES string of the molecule is COc1ccc(C(=O)Nc2nc(C)c(C(C)=O)s2)cc1OC. The van der Waals surface area contributed by atoms with E-state index < -0.39 is 0 Å². The van der Waals surface area contributed by atoms with E-state index in [1.165, 1.54) is 21.1 Å². The number of thiazole rings is 1. The number of hydrogen-bond donors (Lipinski definition) is 1. The van der Waals surface area contributed by atoms with Gasteiger partial charge in [-0.1, -0.05) is 11.3 Å². The summed E-state index contributed by atoms with van der Waals surface area (Å²) in [4.78, 5) is 28.4. The van der Waals surface area contributed by atoms with E-state index in [-0.39, 0.29) is 11.7 Å². The monoisotopic (exact) mass is 320 g/mol. The van der Waals surface area contributed by atoms with E-state index in [0.717, 1.165) is 11.3 Å². The normalized spacial score (nSPS) is 10.2. The third-order valence-corrected chi connectivity index (χ3v) is 4.16. The highest BCUT2D eigenvalue weighted by molar-refractivity contribution is 7.17. The van der Waals surface area contributed by atoms with Gasteiger partial charge in [-0.15, -0.1) is 0 Å². The number of carbonyl (C=O) groups excluding carboxylic acids is 2. The highest BCUT2D eigenvalue weighted by Gasteiger charge is 2.15. The van der Waals surface area contributed by atoms with Crippen molar-refractivity contribution in [3.05, 3.63) is 34.3 Å². The van der Waals surface area contributed by atoms with Gasteiger partial charge in [0.1, 0.15) is 0 Å². The number of nitrogens with zero attached hydrogens (tertiary/aromatic N) is 1. The first kappa shape index (κ1) is 16.0. The number of carbonyl (C=O) groups is 2. The molecule has 0 radical (unpaired) electrons. The van der Waals surface area contributed by atoms with Crippen LogP contribution in [0.1, 0.15) is 32.6 Å². The van der Waals surface area contributed by atoms with Crippen LogP contribution in [0.3, 0.4) is 0 Å². The molecule has 6 nitrogen and oxygen atoms in total. The van der Waals surface area contributed by atoms with Gasteiger partial charge in [0.15, 0.2) is 22.4 Å². The van der Waals surface area contributed by atoms with Crippen LogP contribution in [-0.2, 0) is 0 Å². The van der Waals surface area contributed by atoms with Gasteiger partial charge in [-0.25, -0.2) is 4.98 Å².